The summed E-state index contributed by atoms with van der Waals surface area (Å²) >= 11 is 0. The highest BCUT2D eigenvalue weighted by Crippen LogP contribution is 2.08. The molecule has 1 aliphatic rings. The molecule has 1 aliphatic carbocycles. The molecule has 5 heteroatoms. The highest BCUT2D eigenvalue weighted by Gasteiger charge is 2.09. The minimum Gasteiger partial charge on any atom is -0.429 e. The highest BCUT2D eigenvalue weighted by atomic mass is 16.5. The van der Waals surface area contributed by atoms with E-state index in [4.69, 9.17) is 4.74 Å². The van der Waals surface area contributed by atoms with Gasteiger partial charge >= 0.3 is 11.7 Å². The third-order valence-electron chi connectivity index (χ3n) is 2.02. The Bertz CT molecular complexity index is 535. The fraction of sp³-hybridized carbons (Fsp3) is 0.333. The Balaban J connectivity index is 2.64. The second-order valence-corrected chi connectivity index (χ2v) is 3.13. The molecule has 5 nitrogen and oxygen atoms in total. The van der Waals surface area contributed by atoms with Crippen molar-refractivity contribution in [1.82, 2.24) is 9.97 Å². The number of carbonyl (C=O) groups excluding carboxylic acids is 1. The molecule has 0 aromatic carbocycles. The SMILES string of the molecule is CC(=O)OC1=c2[nH]c(=O)[nH]c2=CCC1. The van der Waals surface area contributed by atoms with Gasteiger partial charge in [0.15, 0.2) is 0 Å². The first kappa shape index (κ1) is 8.80. The van der Waals surface area contributed by atoms with Crippen molar-refractivity contribution < 1.29 is 9.53 Å². The first-order valence-electron chi connectivity index (χ1n) is 4.37. The lowest BCUT2D eigenvalue weighted by atomic mass is 10.2. The van der Waals surface area contributed by atoms with Crippen molar-refractivity contribution in [2.75, 3.05) is 0 Å². The van der Waals surface area contributed by atoms with Gasteiger partial charge in [0.25, 0.3) is 0 Å². The molecule has 1 aromatic rings. The van der Waals surface area contributed by atoms with Crippen LogP contribution in [0.3, 0.4) is 0 Å². The highest BCUT2D eigenvalue weighted by molar-refractivity contribution is 5.71. The zero-order chi connectivity index (χ0) is 10.1. The molecular weight excluding hydrogens is 184 g/mol. The third kappa shape index (κ3) is 1.48. The predicted molar refractivity (Wildman–Crippen MR) is 49.5 cm³/mol. The number of fused-ring (bicyclic) bond motifs is 1. The molecule has 0 fully saturated rings. The van der Waals surface area contributed by atoms with E-state index in [0.29, 0.717) is 22.9 Å². The molecular formula is C9H10N2O3. The van der Waals surface area contributed by atoms with Gasteiger partial charge in [0.1, 0.15) is 11.1 Å². The number of H-pyrrole nitrogens is 2. The van der Waals surface area contributed by atoms with Crippen LogP contribution in [0.25, 0.3) is 11.8 Å². The van der Waals surface area contributed by atoms with Crippen molar-refractivity contribution in [2.45, 2.75) is 19.8 Å². The van der Waals surface area contributed by atoms with E-state index in [9.17, 15) is 9.59 Å². The lowest BCUT2D eigenvalue weighted by Gasteiger charge is -2.06. The van der Waals surface area contributed by atoms with Gasteiger partial charge in [-0.15, -0.1) is 0 Å². The lowest BCUT2D eigenvalue weighted by Crippen LogP contribution is -2.31. The molecule has 2 rings (SSSR count). The standard InChI is InChI=1S/C9H10N2O3/c1-5(12)14-7-4-2-3-6-8(7)11-9(13)10-6/h3H,2,4H2,1H3,(H2,10,11,13). The molecule has 0 aliphatic heterocycles. The summed E-state index contributed by atoms with van der Waals surface area (Å²) < 4.78 is 5.00. The van der Waals surface area contributed by atoms with E-state index in [-0.39, 0.29) is 11.7 Å². The van der Waals surface area contributed by atoms with E-state index in [1.165, 1.54) is 6.92 Å². The minimum atomic E-state index is -0.366. The van der Waals surface area contributed by atoms with Gasteiger partial charge in [-0.1, -0.05) is 6.08 Å². The average Bonchev–Trinajstić information content (AvgIpc) is 2.45. The topological polar surface area (TPSA) is 75.0 Å². The summed E-state index contributed by atoms with van der Waals surface area (Å²) in [6, 6.07) is 0. The van der Waals surface area contributed by atoms with Crippen LogP contribution < -0.4 is 16.4 Å². The summed E-state index contributed by atoms with van der Waals surface area (Å²) in [6.07, 6.45) is 3.31. The van der Waals surface area contributed by atoms with Gasteiger partial charge in [-0.2, -0.15) is 0 Å². The van der Waals surface area contributed by atoms with E-state index < -0.39 is 0 Å². The lowest BCUT2D eigenvalue weighted by molar-refractivity contribution is -0.134. The van der Waals surface area contributed by atoms with Crippen molar-refractivity contribution >= 4 is 17.8 Å². The average molecular weight is 194 g/mol. The molecule has 0 spiro atoms. The Morgan fingerprint density at radius 2 is 2.29 bits per heavy atom. The fourth-order valence-corrected chi connectivity index (χ4v) is 1.52. The Hall–Kier alpha value is -1.78. The molecule has 0 saturated heterocycles. The van der Waals surface area contributed by atoms with Gasteiger partial charge in [0, 0.05) is 13.3 Å². The Kier molecular flexibility index (Phi) is 1.99. The Morgan fingerprint density at radius 1 is 1.50 bits per heavy atom. The summed E-state index contributed by atoms with van der Waals surface area (Å²) in [7, 11) is 0. The van der Waals surface area contributed by atoms with Gasteiger partial charge in [0.2, 0.25) is 0 Å². The van der Waals surface area contributed by atoms with Gasteiger partial charge in [0.05, 0.1) is 5.35 Å². The number of carbonyl (C=O) groups is 1. The number of hydrogen-bond acceptors (Lipinski definition) is 3. The van der Waals surface area contributed by atoms with E-state index in [2.05, 4.69) is 9.97 Å². The zero-order valence-corrected chi connectivity index (χ0v) is 7.72. The molecule has 0 radical (unpaired) electrons. The van der Waals surface area contributed by atoms with Crippen LogP contribution in [0.4, 0.5) is 0 Å². The van der Waals surface area contributed by atoms with Crippen molar-refractivity contribution in [3.63, 3.8) is 0 Å². The first-order valence-corrected chi connectivity index (χ1v) is 4.37. The number of esters is 1. The second-order valence-electron chi connectivity index (χ2n) is 3.13. The van der Waals surface area contributed by atoms with Crippen LogP contribution >= 0.6 is 0 Å². The smallest absolute Gasteiger partial charge is 0.323 e. The number of ether oxygens (including phenoxy) is 1. The first-order chi connectivity index (χ1) is 6.66. The maximum atomic E-state index is 11.0. The molecule has 0 unspecified atom stereocenters. The summed E-state index contributed by atoms with van der Waals surface area (Å²) in [6.45, 7) is 1.34. The van der Waals surface area contributed by atoms with Gasteiger partial charge in [-0.05, 0) is 6.42 Å². The summed E-state index contributed by atoms with van der Waals surface area (Å²) in [5.41, 5.74) is -0.280. The number of nitrogens with one attached hydrogen (secondary N) is 2. The molecule has 74 valence electrons. The Morgan fingerprint density at radius 3 is 3.00 bits per heavy atom. The molecule has 0 atom stereocenters. The van der Waals surface area contributed by atoms with Crippen LogP contribution in [0.5, 0.6) is 0 Å². The van der Waals surface area contributed by atoms with Crippen molar-refractivity contribution in [2.24, 2.45) is 0 Å². The van der Waals surface area contributed by atoms with E-state index in [1.807, 2.05) is 6.08 Å². The molecule has 0 bridgehead atoms. The second kappa shape index (κ2) is 3.17. The van der Waals surface area contributed by atoms with E-state index >= 15 is 0 Å². The summed E-state index contributed by atoms with van der Waals surface area (Å²) in [4.78, 5) is 27.0. The van der Waals surface area contributed by atoms with Crippen LogP contribution in [0.1, 0.15) is 19.8 Å². The maximum absolute atomic E-state index is 11.0. The summed E-state index contributed by atoms with van der Waals surface area (Å²) in [5, 5.41) is 1.30. The van der Waals surface area contributed by atoms with E-state index in [0.717, 1.165) is 6.42 Å². The number of aromatic nitrogens is 2. The predicted octanol–water partition coefficient (Wildman–Crippen LogP) is -1.05. The Labute approximate surface area is 79.1 Å². The number of rotatable bonds is 1. The van der Waals surface area contributed by atoms with Gasteiger partial charge in [-0.3, -0.25) is 4.79 Å². The quantitative estimate of drug-likeness (QED) is 0.560. The molecule has 2 N–H and O–H groups in total. The van der Waals surface area contributed by atoms with Gasteiger partial charge in [-0.25, -0.2) is 4.79 Å². The number of aromatic amines is 2. The van der Waals surface area contributed by atoms with Crippen LogP contribution in [-0.2, 0) is 9.53 Å². The summed E-state index contributed by atoms with van der Waals surface area (Å²) in [5.74, 6) is 0.170. The van der Waals surface area contributed by atoms with Crippen LogP contribution in [0.15, 0.2) is 4.79 Å². The van der Waals surface area contributed by atoms with Crippen molar-refractivity contribution in [3.8, 4) is 0 Å². The largest absolute Gasteiger partial charge is 0.429 e. The third-order valence-corrected chi connectivity index (χ3v) is 2.02. The van der Waals surface area contributed by atoms with E-state index in [1.54, 1.807) is 0 Å². The zero-order valence-electron chi connectivity index (χ0n) is 7.72. The molecule has 14 heavy (non-hydrogen) atoms. The van der Waals surface area contributed by atoms with Crippen molar-refractivity contribution in [1.29, 1.82) is 0 Å². The van der Waals surface area contributed by atoms with Crippen molar-refractivity contribution in [3.05, 3.63) is 21.2 Å². The number of imidazole rings is 1. The van der Waals surface area contributed by atoms with Crippen LogP contribution in [-0.4, -0.2) is 15.9 Å². The fourth-order valence-electron chi connectivity index (χ4n) is 1.52. The molecule has 1 heterocycles. The molecule has 0 amide bonds. The van der Waals surface area contributed by atoms with Gasteiger partial charge < -0.3 is 14.7 Å². The van der Waals surface area contributed by atoms with Crippen LogP contribution in [0.2, 0.25) is 0 Å². The normalized spacial score (nSPS) is 14.5. The maximum Gasteiger partial charge on any atom is 0.323 e. The van der Waals surface area contributed by atoms with Crippen LogP contribution in [0, 0.1) is 0 Å². The molecule has 1 aromatic heterocycles. The molecule has 0 saturated carbocycles. The monoisotopic (exact) mass is 194 g/mol. The minimum absolute atomic E-state index is 0.280. The number of hydrogen-bond donors (Lipinski definition) is 2.